The molecule has 1 nitrogen and oxygen atoms in total. The van der Waals surface area contributed by atoms with Gasteiger partial charge in [-0.1, -0.05) is 49.5 Å². The van der Waals surface area contributed by atoms with Crippen molar-refractivity contribution in [3.05, 3.63) is 59.9 Å². The third kappa shape index (κ3) is 2.29. The van der Waals surface area contributed by atoms with E-state index in [1.807, 2.05) is 6.20 Å². The molecule has 0 aromatic heterocycles. The average Bonchev–Trinajstić information content (AvgIpc) is 2.46. The predicted octanol–water partition coefficient (Wildman–Crippen LogP) is 5.01. The Kier molecular flexibility index (Phi) is 3.29. The fourth-order valence-electron chi connectivity index (χ4n) is 4.01. The number of fused-ring (bicyclic) bond motifs is 1. The molecule has 0 N–H and O–H groups in total. The Bertz CT molecular complexity index is 612. The Balaban J connectivity index is 1.73. The second-order valence-corrected chi connectivity index (χ2v) is 6.78. The highest BCUT2D eigenvalue weighted by Gasteiger charge is 2.33. The van der Waals surface area contributed by atoms with Gasteiger partial charge in [0.1, 0.15) is 0 Å². The van der Waals surface area contributed by atoms with Gasteiger partial charge in [0.15, 0.2) is 0 Å². The third-order valence-electron chi connectivity index (χ3n) is 5.30. The van der Waals surface area contributed by atoms with Crippen LogP contribution in [0, 0.1) is 23.7 Å². The molecule has 3 unspecified atom stereocenters. The van der Waals surface area contributed by atoms with E-state index < -0.39 is 0 Å². The molecule has 1 aliphatic heterocycles. The van der Waals surface area contributed by atoms with Crippen LogP contribution in [0.25, 0.3) is 0 Å². The van der Waals surface area contributed by atoms with E-state index in [1.54, 1.807) is 11.1 Å². The van der Waals surface area contributed by atoms with Crippen molar-refractivity contribution in [3.63, 3.8) is 0 Å². The van der Waals surface area contributed by atoms with E-state index >= 15 is 0 Å². The number of nitrogens with zero attached hydrogens (tertiary/aromatic N) is 1. The molecule has 0 aromatic carbocycles. The zero-order valence-corrected chi connectivity index (χ0v) is 12.7. The quantitative estimate of drug-likeness (QED) is 0.629. The van der Waals surface area contributed by atoms with Crippen molar-refractivity contribution in [2.24, 2.45) is 28.7 Å². The second-order valence-electron chi connectivity index (χ2n) is 6.78. The third-order valence-corrected chi connectivity index (χ3v) is 5.30. The molecular weight excluding hydrogens is 254 g/mol. The molecule has 3 aliphatic carbocycles. The number of rotatable bonds is 2. The maximum absolute atomic E-state index is 4.85. The van der Waals surface area contributed by atoms with Gasteiger partial charge in [0.05, 0.1) is 0 Å². The molecule has 21 heavy (non-hydrogen) atoms. The fourth-order valence-corrected chi connectivity index (χ4v) is 4.01. The lowest BCUT2D eigenvalue weighted by molar-refractivity contribution is 0.447. The molecule has 4 aliphatic rings. The van der Waals surface area contributed by atoms with E-state index in [-0.39, 0.29) is 0 Å². The highest BCUT2D eigenvalue weighted by Crippen LogP contribution is 2.40. The van der Waals surface area contributed by atoms with E-state index in [2.05, 4.69) is 49.5 Å². The van der Waals surface area contributed by atoms with Crippen molar-refractivity contribution in [3.8, 4) is 0 Å². The van der Waals surface area contributed by atoms with E-state index in [1.165, 1.54) is 31.4 Å². The first-order chi connectivity index (χ1) is 10.3. The van der Waals surface area contributed by atoms with Crippen LogP contribution < -0.4 is 0 Å². The fraction of sp³-hybridized carbons (Fsp3) is 0.450. The summed E-state index contributed by atoms with van der Waals surface area (Å²) in [6.45, 7) is 2.33. The van der Waals surface area contributed by atoms with Crippen LogP contribution >= 0.6 is 0 Å². The zero-order valence-electron chi connectivity index (χ0n) is 12.7. The number of allylic oxidation sites excluding steroid dienone is 9. The smallest absolute Gasteiger partial charge is 0.0478 e. The minimum Gasteiger partial charge on any atom is -0.261 e. The molecule has 1 heteroatoms. The summed E-state index contributed by atoms with van der Waals surface area (Å²) in [5, 5.41) is 0. The van der Waals surface area contributed by atoms with Crippen molar-refractivity contribution in [2.45, 2.75) is 32.6 Å². The highest BCUT2D eigenvalue weighted by atomic mass is 14.7. The van der Waals surface area contributed by atoms with Gasteiger partial charge in [-0.2, -0.15) is 0 Å². The molecule has 4 atom stereocenters. The Labute approximate surface area is 127 Å². The number of hydrogen-bond donors (Lipinski definition) is 0. The van der Waals surface area contributed by atoms with Gasteiger partial charge in [-0.25, -0.2) is 0 Å². The first-order valence-corrected chi connectivity index (χ1v) is 8.32. The van der Waals surface area contributed by atoms with Crippen LogP contribution in [0.3, 0.4) is 0 Å². The van der Waals surface area contributed by atoms with Crippen LogP contribution in [-0.4, -0.2) is 5.71 Å². The lowest BCUT2D eigenvalue weighted by Crippen LogP contribution is -2.31. The van der Waals surface area contributed by atoms with E-state index in [9.17, 15) is 0 Å². The van der Waals surface area contributed by atoms with Gasteiger partial charge in [-0.05, 0) is 42.7 Å². The molecule has 0 radical (unpaired) electrons. The average molecular weight is 277 g/mol. The van der Waals surface area contributed by atoms with Crippen LogP contribution in [-0.2, 0) is 0 Å². The van der Waals surface area contributed by atoms with Crippen LogP contribution in [0.2, 0.25) is 0 Å². The van der Waals surface area contributed by atoms with Crippen molar-refractivity contribution < 1.29 is 0 Å². The first-order valence-electron chi connectivity index (χ1n) is 8.32. The largest absolute Gasteiger partial charge is 0.261 e. The van der Waals surface area contributed by atoms with Crippen molar-refractivity contribution in [2.75, 3.05) is 0 Å². The first kappa shape index (κ1) is 13.1. The van der Waals surface area contributed by atoms with Gasteiger partial charge < -0.3 is 0 Å². The maximum atomic E-state index is 4.85. The van der Waals surface area contributed by atoms with Crippen LogP contribution in [0.5, 0.6) is 0 Å². The zero-order chi connectivity index (χ0) is 14.2. The molecule has 0 saturated carbocycles. The van der Waals surface area contributed by atoms with Gasteiger partial charge in [-0.15, -0.1) is 0 Å². The van der Waals surface area contributed by atoms with Gasteiger partial charge in [0.2, 0.25) is 0 Å². The molecule has 4 rings (SSSR count). The summed E-state index contributed by atoms with van der Waals surface area (Å²) in [6, 6.07) is 0. The van der Waals surface area contributed by atoms with Crippen molar-refractivity contribution in [1.29, 1.82) is 0 Å². The highest BCUT2D eigenvalue weighted by molar-refractivity contribution is 6.04. The Morgan fingerprint density at radius 1 is 1.10 bits per heavy atom. The second kappa shape index (κ2) is 5.29. The monoisotopic (exact) mass is 277 g/mol. The van der Waals surface area contributed by atoms with Gasteiger partial charge >= 0.3 is 0 Å². The summed E-state index contributed by atoms with van der Waals surface area (Å²) >= 11 is 0. The predicted molar refractivity (Wildman–Crippen MR) is 89.1 cm³/mol. The van der Waals surface area contributed by atoms with Gasteiger partial charge in [0, 0.05) is 29.7 Å². The molecular formula is C20H23N. The van der Waals surface area contributed by atoms with Crippen LogP contribution in [0.15, 0.2) is 64.9 Å². The van der Waals surface area contributed by atoms with Gasteiger partial charge in [-0.3, -0.25) is 4.99 Å². The Morgan fingerprint density at radius 3 is 2.81 bits per heavy atom. The van der Waals surface area contributed by atoms with E-state index in [4.69, 9.17) is 4.99 Å². The van der Waals surface area contributed by atoms with Crippen molar-refractivity contribution in [1.82, 2.24) is 0 Å². The molecule has 0 amide bonds. The lowest BCUT2D eigenvalue weighted by atomic mass is 9.71. The summed E-state index contributed by atoms with van der Waals surface area (Å²) in [5.74, 6) is 2.47. The summed E-state index contributed by atoms with van der Waals surface area (Å²) in [7, 11) is 0. The molecule has 0 aromatic rings. The van der Waals surface area contributed by atoms with E-state index in [0.717, 1.165) is 0 Å². The SMILES string of the molecule is C[C@@H]1C=CC2C=CN=C(C3=C(C4C=CC4)C=CCC3)C2C1. The molecule has 0 bridgehead atoms. The molecule has 1 heterocycles. The van der Waals surface area contributed by atoms with Crippen LogP contribution in [0.1, 0.15) is 32.6 Å². The molecule has 0 spiro atoms. The standard InChI is InChI=1S/C20H23N/c1-14-9-10-16-11-12-21-20(19(16)13-14)18-8-3-2-7-17(18)15-5-4-6-15/h2,4-5,7,9-12,14-16,19H,3,6,8,13H2,1H3/t14-,15?,16?,19?/m1/s1. The minimum atomic E-state index is 0.560. The van der Waals surface area contributed by atoms with Crippen LogP contribution in [0.4, 0.5) is 0 Å². The Hall–Kier alpha value is -1.63. The minimum absolute atomic E-state index is 0.560. The summed E-state index contributed by atoms with van der Waals surface area (Å²) < 4.78 is 0. The normalized spacial score (nSPS) is 37.3. The molecule has 108 valence electrons. The summed E-state index contributed by atoms with van der Waals surface area (Å²) in [5.41, 5.74) is 4.48. The molecule has 0 saturated heterocycles. The number of aliphatic imine (C=N–C) groups is 1. The summed E-state index contributed by atoms with van der Waals surface area (Å²) in [4.78, 5) is 4.85. The van der Waals surface area contributed by atoms with E-state index in [0.29, 0.717) is 23.7 Å². The number of hydrogen-bond acceptors (Lipinski definition) is 1. The molecule has 0 fully saturated rings. The Morgan fingerprint density at radius 2 is 2.00 bits per heavy atom. The topological polar surface area (TPSA) is 12.4 Å². The lowest BCUT2D eigenvalue weighted by Gasteiger charge is -2.35. The summed E-state index contributed by atoms with van der Waals surface area (Å²) in [6.07, 6.45) is 23.2. The van der Waals surface area contributed by atoms with Crippen molar-refractivity contribution >= 4 is 5.71 Å². The van der Waals surface area contributed by atoms with Gasteiger partial charge in [0.25, 0.3) is 0 Å². The maximum Gasteiger partial charge on any atom is 0.0478 e.